The predicted molar refractivity (Wildman–Crippen MR) is 76.5 cm³/mol. The van der Waals surface area contributed by atoms with Crippen molar-refractivity contribution >= 4 is 5.91 Å². The Labute approximate surface area is 111 Å². The average molecular weight is 247 g/mol. The average Bonchev–Trinajstić information content (AvgIpc) is 2.29. The first-order chi connectivity index (χ1) is 8.37. The largest absolute Gasteiger partial charge is 0.351 e. The van der Waals surface area contributed by atoms with E-state index in [1.807, 2.05) is 30.3 Å². The molecule has 0 heterocycles. The lowest BCUT2D eigenvalue weighted by atomic mass is 9.86. The van der Waals surface area contributed by atoms with E-state index in [-0.39, 0.29) is 17.4 Å². The molecule has 0 aromatic heterocycles. The smallest absolute Gasteiger partial charge is 0.228 e. The third-order valence-electron chi connectivity index (χ3n) is 3.45. The molecule has 0 fully saturated rings. The van der Waals surface area contributed by atoms with E-state index in [9.17, 15) is 4.79 Å². The summed E-state index contributed by atoms with van der Waals surface area (Å²) in [5, 5.41) is 3.15. The molecule has 0 bridgehead atoms. The van der Waals surface area contributed by atoms with Crippen LogP contribution in [0.3, 0.4) is 0 Å². The van der Waals surface area contributed by atoms with Crippen molar-refractivity contribution in [3.05, 3.63) is 35.9 Å². The Morgan fingerprint density at radius 1 is 1.22 bits per heavy atom. The van der Waals surface area contributed by atoms with Crippen LogP contribution in [0, 0.1) is 5.92 Å². The molecule has 2 nitrogen and oxygen atoms in total. The molecular formula is C16H25NO. The van der Waals surface area contributed by atoms with Crippen LogP contribution in [-0.2, 0) is 4.79 Å². The third-order valence-corrected chi connectivity index (χ3v) is 3.45. The van der Waals surface area contributed by atoms with E-state index in [0.717, 1.165) is 12.0 Å². The summed E-state index contributed by atoms with van der Waals surface area (Å²) in [7, 11) is 0. The van der Waals surface area contributed by atoms with Gasteiger partial charge in [-0.2, -0.15) is 0 Å². The molecule has 0 aliphatic carbocycles. The van der Waals surface area contributed by atoms with Gasteiger partial charge in [0.1, 0.15) is 0 Å². The van der Waals surface area contributed by atoms with Crippen LogP contribution in [0.15, 0.2) is 30.3 Å². The van der Waals surface area contributed by atoms with Crippen LogP contribution in [0.25, 0.3) is 0 Å². The van der Waals surface area contributed by atoms with Crippen LogP contribution in [-0.4, -0.2) is 11.4 Å². The molecule has 2 heteroatoms. The van der Waals surface area contributed by atoms with Crippen molar-refractivity contribution in [1.82, 2.24) is 5.32 Å². The topological polar surface area (TPSA) is 29.1 Å². The molecule has 18 heavy (non-hydrogen) atoms. The maximum atomic E-state index is 12.4. The van der Waals surface area contributed by atoms with Crippen molar-refractivity contribution in [2.24, 2.45) is 5.92 Å². The number of benzene rings is 1. The summed E-state index contributed by atoms with van der Waals surface area (Å²) >= 11 is 0. The molecule has 0 saturated carbocycles. The van der Waals surface area contributed by atoms with E-state index < -0.39 is 0 Å². The van der Waals surface area contributed by atoms with Crippen molar-refractivity contribution < 1.29 is 4.79 Å². The van der Waals surface area contributed by atoms with Crippen molar-refractivity contribution in [2.75, 3.05) is 0 Å². The fourth-order valence-electron chi connectivity index (χ4n) is 2.00. The Balaban J connectivity index is 2.91. The van der Waals surface area contributed by atoms with E-state index >= 15 is 0 Å². The van der Waals surface area contributed by atoms with Crippen molar-refractivity contribution in [2.45, 2.75) is 52.5 Å². The van der Waals surface area contributed by atoms with Gasteiger partial charge in [0, 0.05) is 5.54 Å². The molecular weight excluding hydrogens is 222 g/mol. The summed E-state index contributed by atoms with van der Waals surface area (Å²) in [6, 6.07) is 10.0. The number of hydrogen-bond acceptors (Lipinski definition) is 1. The summed E-state index contributed by atoms with van der Waals surface area (Å²) < 4.78 is 0. The standard InChI is InChI=1S/C16H25NO/c1-6-16(4,5)17-15(18)14(12(2)3)13-10-8-7-9-11-13/h7-12,14H,6H2,1-5H3,(H,17,18). The van der Waals surface area contributed by atoms with E-state index in [4.69, 9.17) is 0 Å². The van der Waals surface area contributed by atoms with Gasteiger partial charge in [-0.15, -0.1) is 0 Å². The maximum absolute atomic E-state index is 12.4. The highest BCUT2D eigenvalue weighted by Gasteiger charge is 2.27. The maximum Gasteiger partial charge on any atom is 0.228 e. The molecule has 100 valence electrons. The Morgan fingerprint density at radius 2 is 1.78 bits per heavy atom. The zero-order chi connectivity index (χ0) is 13.8. The molecule has 1 aromatic carbocycles. The number of nitrogens with one attached hydrogen (secondary N) is 1. The van der Waals surface area contributed by atoms with E-state index in [1.165, 1.54) is 0 Å². The van der Waals surface area contributed by atoms with Crippen molar-refractivity contribution in [1.29, 1.82) is 0 Å². The molecule has 1 N–H and O–H groups in total. The number of amides is 1. The number of carbonyl (C=O) groups excluding carboxylic acids is 1. The zero-order valence-electron chi connectivity index (χ0n) is 12.2. The second kappa shape index (κ2) is 6.03. The third kappa shape index (κ3) is 3.86. The van der Waals surface area contributed by atoms with Gasteiger partial charge in [-0.25, -0.2) is 0 Å². The molecule has 1 rings (SSSR count). The normalized spacial score (nSPS) is 13.4. The lowest BCUT2D eigenvalue weighted by molar-refractivity contribution is -0.125. The summed E-state index contributed by atoms with van der Waals surface area (Å²) in [6.45, 7) is 10.4. The van der Waals surface area contributed by atoms with Gasteiger partial charge in [-0.05, 0) is 31.7 Å². The highest BCUT2D eigenvalue weighted by atomic mass is 16.2. The Morgan fingerprint density at radius 3 is 2.22 bits per heavy atom. The minimum Gasteiger partial charge on any atom is -0.351 e. The number of rotatable bonds is 5. The molecule has 1 aromatic rings. The van der Waals surface area contributed by atoms with Crippen LogP contribution >= 0.6 is 0 Å². The van der Waals surface area contributed by atoms with Gasteiger partial charge < -0.3 is 5.32 Å². The van der Waals surface area contributed by atoms with Gasteiger partial charge in [0.15, 0.2) is 0 Å². The first-order valence-corrected chi connectivity index (χ1v) is 6.74. The van der Waals surface area contributed by atoms with Crippen LogP contribution in [0.5, 0.6) is 0 Å². The van der Waals surface area contributed by atoms with Gasteiger partial charge in [0.05, 0.1) is 5.92 Å². The molecule has 1 unspecified atom stereocenters. The van der Waals surface area contributed by atoms with Gasteiger partial charge in [0.2, 0.25) is 5.91 Å². The Bertz CT molecular complexity index is 381. The van der Waals surface area contributed by atoms with Crippen molar-refractivity contribution in [3.8, 4) is 0 Å². The first kappa shape index (κ1) is 14.7. The zero-order valence-corrected chi connectivity index (χ0v) is 12.2. The van der Waals surface area contributed by atoms with E-state index in [2.05, 4.69) is 39.9 Å². The summed E-state index contributed by atoms with van der Waals surface area (Å²) in [5.74, 6) is 0.347. The second-order valence-corrected chi connectivity index (χ2v) is 5.86. The van der Waals surface area contributed by atoms with Crippen LogP contribution in [0.4, 0.5) is 0 Å². The fraction of sp³-hybridized carbons (Fsp3) is 0.562. The fourth-order valence-corrected chi connectivity index (χ4v) is 2.00. The van der Waals surface area contributed by atoms with Gasteiger partial charge in [-0.1, -0.05) is 51.1 Å². The molecule has 0 saturated heterocycles. The minimum absolute atomic E-state index is 0.0722. The quantitative estimate of drug-likeness (QED) is 0.844. The highest BCUT2D eigenvalue weighted by Crippen LogP contribution is 2.25. The van der Waals surface area contributed by atoms with Crippen LogP contribution in [0.2, 0.25) is 0 Å². The first-order valence-electron chi connectivity index (χ1n) is 6.74. The monoisotopic (exact) mass is 247 g/mol. The molecule has 0 aliphatic heterocycles. The van der Waals surface area contributed by atoms with Gasteiger partial charge >= 0.3 is 0 Å². The Kier molecular flexibility index (Phi) is 4.94. The summed E-state index contributed by atoms with van der Waals surface area (Å²) in [5.41, 5.74) is 0.954. The molecule has 0 aliphatic rings. The van der Waals surface area contributed by atoms with Gasteiger partial charge in [-0.3, -0.25) is 4.79 Å². The lowest BCUT2D eigenvalue weighted by Crippen LogP contribution is -2.45. The SMILES string of the molecule is CCC(C)(C)NC(=O)C(c1ccccc1)C(C)C. The molecule has 0 radical (unpaired) electrons. The van der Waals surface area contributed by atoms with Crippen LogP contribution < -0.4 is 5.32 Å². The number of carbonyl (C=O) groups is 1. The van der Waals surface area contributed by atoms with E-state index in [0.29, 0.717) is 5.92 Å². The number of hydrogen-bond donors (Lipinski definition) is 1. The highest BCUT2D eigenvalue weighted by molar-refractivity contribution is 5.84. The van der Waals surface area contributed by atoms with Crippen molar-refractivity contribution in [3.63, 3.8) is 0 Å². The molecule has 0 spiro atoms. The molecule has 1 atom stereocenters. The minimum atomic E-state index is -0.140. The van der Waals surface area contributed by atoms with E-state index in [1.54, 1.807) is 0 Å². The van der Waals surface area contributed by atoms with Gasteiger partial charge in [0.25, 0.3) is 0 Å². The molecule has 1 amide bonds. The Hall–Kier alpha value is -1.31. The summed E-state index contributed by atoms with van der Waals surface area (Å²) in [6.07, 6.45) is 0.929. The summed E-state index contributed by atoms with van der Waals surface area (Å²) in [4.78, 5) is 12.4. The lowest BCUT2D eigenvalue weighted by Gasteiger charge is -2.29. The predicted octanol–water partition coefficient (Wildman–Crippen LogP) is 3.73. The van der Waals surface area contributed by atoms with Crippen LogP contribution in [0.1, 0.15) is 52.5 Å². The second-order valence-electron chi connectivity index (χ2n) is 5.86.